The molecule has 0 amide bonds. The van der Waals surface area contributed by atoms with Crippen molar-refractivity contribution in [3.05, 3.63) is 28.8 Å². The van der Waals surface area contributed by atoms with E-state index in [1.165, 1.54) is 0 Å². The minimum Gasteiger partial charge on any atom is -0.489 e. The monoisotopic (exact) mass is 239 g/mol. The van der Waals surface area contributed by atoms with E-state index in [1.54, 1.807) is 0 Å². The van der Waals surface area contributed by atoms with Crippen molar-refractivity contribution in [1.29, 1.82) is 0 Å². The highest BCUT2D eigenvalue weighted by molar-refractivity contribution is 6.30. The average molecular weight is 240 g/mol. The van der Waals surface area contributed by atoms with E-state index in [0.717, 1.165) is 29.3 Å². The maximum absolute atomic E-state index is 5.98. The van der Waals surface area contributed by atoms with Crippen LogP contribution in [0.15, 0.2) is 18.2 Å². The molecule has 1 fully saturated rings. The molecule has 3 heteroatoms. The van der Waals surface area contributed by atoms with E-state index in [1.807, 2.05) is 25.1 Å². The van der Waals surface area contributed by atoms with Crippen LogP contribution >= 0.6 is 11.6 Å². The number of benzene rings is 1. The summed E-state index contributed by atoms with van der Waals surface area (Å²) >= 11 is 5.91. The van der Waals surface area contributed by atoms with Crippen LogP contribution in [0.1, 0.15) is 25.8 Å². The maximum Gasteiger partial charge on any atom is 0.122 e. The summed E-state index contributed by atoms with van der Waals surface area (Å²) in [5.74, 6) is 0.939. The standard InChI is InChI=1S/C13H18ClNO/c1-9-6-10(14)4-5-12(9)16-11-7-13(2,3)15-8-11/h4-6,11,15H,7-8H2,1-3H3. The van der Waals surface area contributed by atoms with Gasteiger partial charge in [-0.05, 0) is 44.5 Å². The van der Waals surface area contributed by atoms with Crippen LogP contribution in [0.2, 0.25) is 5.02 Å². The Labute approximate surface area is 102 Å². The van der Waals surface area contributed by atoms with Gasteiger partial charge in [0, 0.05) is 23.5 Å². The van der Waals surface area contributed by atoms with Gasteiger partial charge in [0.25, 0.3) is 0 Å². The quantitative estimate of drug-likeness (QED) is 0.856. The third-order valence-electron chi connectivity index (χ3n) is 2.98. The second-order valence-electron chi connectivity index (χ2n) is 5.12. The van der Waals surface area contributed by atoms with Crippen molar-refractivity contribution < 1.29 is 4.74 Å². The highest BCUT2D eigenvalue weighted by Crippen LogP contribution is 2.26. The first-order valence-electron chi connectivity index (χ1n) is 5.64. The lowest BCUT2D eigenvalue weighted by atomic mass is 10.0. The number of halogens is 1. The lowest BCUT2D eigenvalue weighted by Gasteiger charge is -2.18. The van der Waals surface area contributed by atoms with Gasteiger partial charge in [-0.25, -0.2) is 0 Å². The summed E-state index contributed by atoms with van der Waals surface area (Å²) in [4.78, 5) is 0. The SMILES string of the molecule is Cc1cc(Cl)ccc1OC1CNC(C)(C)C1. The predicted octanol–water partition coefficient (Wildman–Crippen LogP) is 3.17. The van der Waals surface area contributed by atoms with Gasteiger partial charge in [-0.2, -0.15) is 0 Å². The molecular formula is C13H18ClNO. The Morgan fingerprint density at radius 1 is 1.44 bits per heavy atom. The molecule has 2 rings (SSSR count). The molecular weight excluding hydrogens is 222 g/mol. The molecule has 0 saturated carbocycles. The van der Waals surface area contributed by atoms with Crippen LogP contribution < -0.4 is 10.1 Å². The lowest BCUT2D eigenvalue weighted by Crippen LogP contribution is -2.31. The minimum absolute atomic E-state index is 0.186. The Hall–Kier alpha value is -0.730. The topological polar surface area (TPSA) is 21.3 Å². The smallest absolute Gasteiger partial charge is 0.122 e. The first kappa shape index (κ1) is 11.7. The number of hydrogen-bond donors (Lipinski definition) is 1. The van der Waals surface area contributed by atoms with E-state index in [4.69, 9.17) is 16.3 Å². The van der Waals surface area contributed by atoms with Crippen LogP contribution in [-0.4, -0.2) is 18.2 Å². The number of rotatable bonds is 2. The Bertz CT molecular complexity index is 390. The fraction of sp³-hybridized carbons (Fsp3) is 0.538. The average Bonchev–Trinajstić information content (AvgIpc) is 2.51. The Morgan fingerprint density at radius 3 is 2.75 bits per heavy atom. The highest BCUT2D eigenvalue weighted by Gasteiger charge is 2.31. The molecule has 88 valence electrons. The fourth-order valence-corrected chi connectivity index (χ4v) is 2.34. The predicted molar refractivity (Wildman–Crippen MR) is 67.3 cm³/mol. The van der Waals surface area contributed by atoms with Gasteiger partial charge >= 0.3 is 0 Å². The zero-order valence-corrected chi connectivity index (χ0v) is 10.8. The zero-order valence-electron chi connectivity index (χ0n) is 10.0. The molecule has 1 heterocycles. The Morgan fingerprint density at radius 2 is 2.19 bits per heavy atom. The van der Waals surface area contributed by atoms with Gasteiger partial charge in [0.05, 0.1) is 0 Å². The third kappa shape index (κ3) is 2.69. The van der Waals surface area contributed by atoms with E-state index in [0.29, 0.717) is 0 Å². The normalized spacial score (nSPS) is 23.4. The van der Waals surface area contributed by atoms with Gasteiger partial charge in [-0.15, -0.1) is 0 Å². The molecule has 1 aromatic rings. The molecule has 16 heavy (non-hydrogen) atoms. The summed E-state index contributed by atoms with van der Waals surface area (Å²) in [6, 6.07) is 5.75. The summed E-state index contributed by atoms with van der Waals surface area (Å²) in [5, 5.41) is 4.20. The molecule has 1 atom stereocenters. The second kappa shape index (κ2) is 4.27. The minimum atomic E-state index is 0.186. The molecule has 0 radical (unpaired) electrons. The number of hydrogen-bond acceptors (Lipinski definition) is 2. The van der Waals surface area contributed by atoms with Gasteiger partial charge in [-0.1, -0.05) is 11.6 Å². The first-order valence-corrected chi connectivity index (χ1v) is 6.02. The summed E-state index contributed by atoms with van der Waals surface area (Å²) < 4.78 is 5.98. The van der Waals surface area contributed by atoms with Gasteiger partial charge in [-0.3, -0.25) is 0 Å². The second-order valence-corrected chi connectivity index (χ2v) is 5.56. The Kier molecular flexibility index (Phi) is 3.13. The molecule has 1 unspecified atom stereocenters. The number of nitrogens with one attached hydrogen (secondary N) is 1. The molecule has 1 saturated heterocycles. The summed E-state index contributed by atoms with van der Waals surface area (Å²) in [7, 11) is 0. The molecule has 0 aromatic heterocycles. The van der Waals surface area contributed by atoms with Crippen LogP contribution in [0.5, 0.6) is 5.75 Å². The van der Waals surface area contributed by atoms with Crippen molar-refractivity contribution in [2.45, 2.75) is 38.8 Å². The van der Waals surface area contributed by atoms with Crippen LogP contribution in [-0.2, 0) is 0 Å². The number of aryl methyl sites for hydroxylation is 1. The summed E-state index contributed by atoms with van der Waals surface area (Å²) in [6.45, 7) is 7.33. The molecule has 2 nitrogen and oxygen atoms in total. The van der Waals surface area contributed by atoms with E-state index in [-0.39, 0.29) is 11.6 Å². The molecule has 0 aliphatic carbocycles. The van der Waals surface area contributed by atoms with Gasteiger partial charge in [0.1, 0.15) is 11.9 Å². The fourth-order valence-electron chi connectivity index (χ4n) is 2.11. The summed E-state index contributed by atoms with van der Waals surface area (Å²) in [6.07, 6.45) is 1.30. The van der Waals surface area contributed by atoms with Gasteiger partial charge in [0.15, 0.2) is 0 Å². The van der Waals surface area contributed by atoms with Crippen LogP contribution in [0.3, 0.4) is 0 Å². The zero-order chi connectivity index (χ0) is 11.8. The highest BCUT2D eigenvalue weighted by atomic mass is 35.5. The van der Waals surface area contributed by atoms with Crippen molar-refractivity contribution in [3.63, 3.8) is 0 Å². The third-order valence-corrected chi connectivity index (χ3v) is 3.21. The van der Waals surface area contributed by atoms with Crippen molar-refractivity contribution in [1.82, 2.24) is 5.32 Å². The molecule has 0 spiro atoms. The van der Waals surface area contributed by atoms with Crippen LogP contribution in [0.4, 0.5) is 0 Å². The Balaban J connectivity index is 2.05. The summed E-state index contributed by atoms with van der Waals surface area (Å²) in [5.41, 5.74) is 1.28. The molecule has 1 aliphatic heterocycles. The first-order chi connectivity index (χ1) is 7.46. The molecule has 1 aromatic carbocycles. The van der Waals surface area contributed by atoms with Gasteiger partial charge < -0.3 is 10.1 Å². The van der Waals surface area contributed by atoms with Crippen molar-refractivity contribution in [2.75, 3.05) is 6.54 Å². The molecule has 1 N–H and O–H groups in total. The van der Waals surface area contributed by atoms with Crippen molar-refractivity contribution >= 4 is 11.6 Å². The van der Waals surface area contributed by atoms with E-state index < -0.39 is 0 Å². The van der Waals surface area contributed by atoms with Crippen molar-refractivity contribution in [3.8, 4) is 5.75 Å². The largest absolute Gasteiger partial charge is 0.489 e. The van der Waals surface area contributed by atoms with Crippen LogP contribution in [0, 0.1) is 6.92 Å². The van der Waals surface area contributed by atoms with E-state index in [9.17, 15) is 0 Å². The van der Waals surface area contributed by atoms with Crippen molar-refractivity contribution in [2.24, 2.45) is 0 Å². The van der Waals surface area contributed by atoms with E-state index >= 15 is 0 Å². The molecule has 1 aliphatic rings. The number of ether oxygens (including phenoxy) is 1. The molecule has 0 bridgehead atoms. The van der Waals surface area contributed by atoms with Crippen LogP contribution in [0.25, 0.3) is 0 Å². The van der Waals surface area contributed by atoms with E-state index in [2.05, 4.69) is 19.2 Å². The lowest BCUT2D eigenvalue weighted by molar-refractivity contribution is 0.213. The van der Waals surface area contributed by atoms with Gasteiger partial charge in [0.2, 0.25) is 0 Å². The maximum atomic E-state index is 5.98.